The molecular weight excluding hydrogens is 695 g/mol. The second kappa shape index (κ2) is 46.1. The summed E-state index contributed by atoms with van der Waals surface area (Å²) in [5.41, 5.74) is 0. The number of aliphatic hydroxyl groups is 1. The maximum Gasteiger partial charge on any atom is 0.306 e. The zero-order valence-corrected chi connectivity index (χ0v) is 37.8. The van der Waals surface area contributed by atoms with Crippen LogP contribution in [0.3, 0.4) is 0 Å². The van der Waals surface area contributed by atoms with E-state index in [-0.39, 0.29) is 18.0 Å². The van der Waals surface area contributed by atoms with Gasteiger partial charge in [0.25, 0.3) is 0 Å². The van der Waals surface area contributed by atoms with Gasteiger partial charge in [0.05, 0.1) is 6.61 Å². The SMILES string of the molecule is CCC#CCCCOC(=O)CCCCCCCCCCCCCN(CCCCO)CCCCCCCC(=O)OC(CCCCCCCC)CCCCCCCC. The van der Waals surface area contributed by atoms with Gasteiger partial charge in [-0.15, -0.1) is 11.8 Å². The molecule has 0 unspecified atom stereocenters. The predicted octanol–water partition coefficient (Wildman–Crippen LogP) is 14.2. The summed E-state index contributed by atoms with van der Waals surface area (Å²) in [6.45, 7) is 10.8. The van der Waals surface area contributed by atoms with Crippen molar-refractivity contribution in [1.82, 2.24) is 4.90 Å². The lowest BCUT2D eigenvalue weighted by Gasteiger charge is -2.22. The Kier molecular flexibility index (Phi) is 44.8. The highest BCUT2D eigenvalue weighted by Gasteiger charge is 2.14. The van der Waals surface area contributed by atoms with Crippen molar-refractivity contribution in [3.8, 4) is 11.8 Å². The van der Waals surface area contributed by atoms with Gasteiger partial charge in [-0.3, -0.25) is 9.59 Å². The van der Waals surface area contributed by atoms with Crippen LogP contribution in [0.5, 0.6) is 0 Å². The first-order valence-corrected chi connectivity index (χ1v) is 24.7. The zero-order valence-electron chi connectivity index (χ0n) is 37.8. The number of carbonyl (C=O) groups is 2. The van der Waals surface area contributed by atoms with Gasteiger partial charge in [-0.1, -0.05) is 162 Å². The fraction of sp³-hybridized carbons (Fsp3) is 0.920. The Bertz CT molecular complexity index is 866. The van der Waals surface area contributed by atoms with E-state index < -0.39 is 0 Å². The Morgan fingerprint density at radius 2 is 0.893 bits per heavy atom. The molecule has 0 aliphatic rings. The van der Waals surface area contributed by atoms with Crippen molar-refractivity contribution >= 4 is 11.9 Å². The second-order valence-electron chi connectivity index (χ2n) is 16.7. The molecule has 0 aliphatic heterocycles. The molecule has 0 bridgehead atoms. The quantitative estimate of drug-likeness (QED) is 0.0376. The fourth-order valence-corrected chi connectivity index (χ4v) is 7.56. The highest BCUT2D eigenvalue weighted by Crippen LogP contribution is 2.19. The number of carbonyl (C=O) groups excluding carboxylic acids is 2. The highest BCUT2D eigenvalue weighted by atomic mass is 16.5. The van der Waals surface area contributed by atoms with Gasteiger partial charge in [0.15, 0.2) is 0 Å². The Morgan fingerprint density at radius 3 is 1.36 bits per heavy atom. The molecule has 0 spiro atoms. The molecule has 0 rings (SSSR count). The summed E-state index contributed by atoms with van der Waals surface area (Å²) >= 11 is 0. The lowest BCUT2D eigenvalue weighted by atomic mass is 10.0. The molecule has 0 saturated heterocycles. The lowest BCUT2D eigenvalue weighted by Crippen LogP contribution is -2.27. The Labute approximate surface area is 349 Å². The minimum Gasteiger partial charge on any atom is -0.466 e. The van der Waals surface area contributed by atoms with E-state index in [0.717, 1.165) is 83.7 Å². The third-order valence-electron chi connectivity index (χ3n) is 11.2. The molecule has 0 amide bonds. The Morgan fingerprint density at radius 1 is 0.482 bits per heavy atom. The number of hydrogen-bond donors (Lipinski definition) is 1. The van der Waals surface area contributed by atoms with Crippen molar-refractivity contribution in [2.75, 3.05) is 32.8 Å². The van der Waals surface area contributed by atoms with Crippen molar-refractivity contribution in [2.24, 2.45) is 0 Å². The van der Waals surface area contributed by atoms with E-state index in [1.807, 2.05) is 6.92 Å². The molecule has 0 saturated carbocycles. The van der Waals surface area contributed by atoms with Gasteiger partial charge < -0.3 is 19.5 Å². The van der Waals surface area contributed by atoms with Crippen LogP contribution in [0.1, 0.15) is 258 Å². The van der Waals surface area contributed by atoms with E-state index in [1.54, 1.807) is 0 Å². The molecule has 1 N–H and O–H groups in total. The molecule has 0 aromatic rings. The summed E-state index contributed by atoms with van der Waals surface area (Å²) in [5, 5.41) is 9.30. The van der Waals surface area contributed by atoms with E-state index in [4.69, 9.17) is 9.47 Å². The molecule has 0 aliphatic carbocycles. The van der Waals surface area contributed by atoms with Gasteiger partial charge in [-0.2, -0.15) is 0 Å². The van der Waals surface area contributed by atoms with E-state index in [9.17, 15) is 14.7 Å². The number of unbranched alkanes of at least 4 members (excludes halogenated alkanes) is 26. The zero-order chi connectivity index (χ0) is 40.8. The van der Waals surface area contributed by atoms with Crippen LogP contribution in [-0.4, -0.2) is 60.9 Å². The topological polar surface area (TPSA) is 76.1 Å². The molecule has 0 heterocycles. The number of nitrogens with zero attached hydrogens (tertiary/aromatic N) is 1. The monoisotopic (exact) mass is 790 g/mol. The molecule has 6 nitrogen and oxygen atoms in total. The summed E-state index contributed by atoms with van der Waals surface area (Å²) < 4.78 is 11.4. The molecule has 0 aromatic heterocycles. The van der Waals surface area contributed by atoms with Gasteiger partial charge in [0.2, 0.25) is 0 Å². The van der Waals surface area contributed by atoms with Crippen LogP contribution in [0.2, 0.25) is 0 Å². The van der Waals surface area contributed by atoms with Crippen LogP contribution in [-0.2, 0) is 19.1 Å². The largest absolute Gasteiger partial charge is 0.466 e. The van der Waals surface area contributed by atoms with Crippen LogP contribution in [0.15, 0.2) is 0 Å². The van der Waals surface area contributed by atoms with Crippen molar-refractivity contribution < 1.29 is 24.2 Å². The Hall–Kier alpha value is -1.58. The molecule has 0 aromatic carbocycles. The van der Waals surface area contributed by atoms with Gasteiger partial charge in [0.1, 0.15) is 6.10 Å². The minimum atomic E-state index is -0.0515. The first-order valence-electron chi connectivity index (χ1n) is 24.7. The number of aliphatic hydroxyl groups excluding tert-OH is 1. The fourth-order valence-electron chi connectivity index (χ4n) is 7.56. The van der Waals surface area contributed by atoms with Crippen LogP contribution < -0.4 is 0 Å². The average molecular weight is 790 g/mol. The first kappa shape index (κ1) is 54.4. The molecule has 330 valence electrons. The summed E-state index contributed by atoms with van der Waals surface area (Å²) in [5.74, 6) is 6.11. The van der Waals surface area contributed by atoms with Crippen LogP contribution in [0.25, 0.3) is 0 Å². The summed E-state index contributed by atoms with van der Waals surface area (Å²) in [4.78, 5) is 27.2. The van der Waals surface area contributed by atoms with Crippen LogP contribution >= 0.6 is 0 Å². The molecule has 0 atom stereocenters. The van der Waals surface area contributed by atoms with Gasteiger partial charge in [0, 0.05) is 32.3 Å². The number of hydrogen-bond acceptors (Lipinski definition) is 6. The van der Waals surface area contributed by atoms with Crippen molar-refractivity contribution in [3.63, 3.8) is 0 Å². The smallest absolute Gasteiger partial charge is 0.306 e. The number of ether oxygens (including phenoxy) is 2. The lowest BCUT2D eigenvalue weighted by molar-refractivity contribution is -0.150. The molecule has 56 heavy (non-hydrogen) atoms. The molecular formula is C50H95NO5. The molecule has 0 radical (unpaired) electrons. The first-order chi connectivity index (χ1) is 27.6. The van der Waals surface area contributed by atoms with E-state index >= 15 is 0 Å². The molecule has 6 heteroatoms. The van der Waals surface area contributed by atoms with Crippen molar-refractivity contribution in [2.45, 2.75) is 264 Å². The van der Waals surface area contributed by atoms with Gasteiger partial charge in [-0.25, -0.2) is 0 Å². The number of esters is 2. The highest BCUT2D eigenvalue weighted by molar-refractivity contribution is 5.69. The van der Waals surface area contributed by atoms with Crippen molar-refractivity contribution in [3.05, 3.63) is 0 Å². The van der Waals surface area contributed by atoms with Crippen LogP contribution in [0.4, 0.5) is 0 Å². The standard InChI is InChI=1S/C50H95NO5/c1-4-7-10-13-23-30-39-48(40-31-24-14-11-8-5-2)56-50(54)42-33-26-22-28-35-44-51(45-36-37-46-52)43-34-27-21-19-17-15-16-18-20-25-32-41-49(53)55-47-38-29-12-9-6-3/h48,52H,4-8,10-11,13-47H2,1-3H3. The Balaban J connectivity index is 4.00. The predicted molar refractivity (Wildman–Crippen MR) is 240 cm³/mol. The van der Waals surface area contributed by atoms with Gasteiger partial charge >= 0.3 is 11.9 Å². The normalized spacial score (nSPS) is 11.3. The van der Waals surface area contributed by atoms with E-state index in [0.29, 0.717) is 26.1 Å². The van der Waals surface area contributed by atoms with Crippen molar-refractivity contribution in [1.29, 1.82) is 0 Å². The minimum absolute atomic E-state index is 0.0325. The summed E-state index contributed by atoms with van der Waals surface area (Å²) in [7, 11) is 0. The maximum absolute atomic E-state index is 12.8. The third-order valence-corrected chi connectivity index (χ3v) is 11.2. The number of rotatable bonds is 44. The van der Waals surface area contributed by atoms with Gasteiger partial charge in [-0.05, 0) is 90.3 Å². The van der Waals surface area contributed by atoms with Crippen LogP contribution in [0, 0.1) is 11.8 Å². The second-order valence-corrected chi connectivity index (χ2v) is 16.7. The van der Waals surface area contributed by atoms with E-state index in [2.05, 4.69) is 30.6 Å². The summed E-state index contributed by atoms with van der Waals surface area (Å²) in [6, 6.07) is 0. The third kappa shape index (κ3) is 42.0. The summed E-state index contributed by atoms with van der Waals surface area (Å²) in [6.07, 6.45) is 42.9. The van der Waals surface area contributed by atoms with E-state index in [1.165, 1.54) is 161 Å². The molecule has 0 fully saturated rings. The maximum atomic E-state index is 12.8. The average Bonchev–Trinajstić information content (AvgIpc) is 3.19.